The number of carbonyl (C=O) groups is 5. The second kappa shape index (κ2) is 17.8. The number of esters is 1. The van der Waals surface area contributed by atoms with Gasteiger partial charge in [0.25, 0.3) is 5.56 Å². The van der Waals surface area contributed by atoms with Gasteiger partial charge in [0.15, 0.2) is 58.1 Å². The van der Waals surface area contributed by atoms with E-state index in [2.05, 4.69) is 0 Å². The third kappa shape index (κ3) is 7.49. The number of ketones is 4. The van der Waals surface area contributed by atoms with Crippen LogP contribution < -0.4 is 11.2 Å². The van der Waals surface area contributed by atoms with Crippen LogP contribution in [0.15, 0.2) is 63.4 Å². The molecule has 22 heteroatoms. The van der Waals surface area contributed by atoms with Crippen molar-refractivity contribution in [1.82, 2.24) is 9.97 Å². The molecule has 0 radical (unpaired) electrons. The summed E-state index contributed by atoms with van der Waals surface area (Å²) < 4.78 is 107. The number of ether oxygens (including phenoxy) is 5. The standard InChI is InChI=1S/C26H32F2O7.C24H30F2O6.C4H3FN2O2/c1-13(29)33-12-20(32)26-21(34-22(2,3)35-26)10-15-16-9-18(27)17-8-14(30)6-7-23(17,4)25(16,28)19(31)11-24(15,26)5;1-20(2)31-19-9-13-14-8-16(25)15-7-12(28)5-6-21(15,3)23(14,26)17(29)10-22(13,4)24(19,32-20)18(30)11-27;5-2-1-6-4(9)7-3(2)8/h6-8,15-16,18-19,21,31H,9-12H2,1-5H3;5-7,13-14,16-17,19,27,29H,8-11H2,1-4H3;1H,(H2,6,7,8,9)/t15-,16-,18-,19-,21+,23-,24-,25-,26+;13-,14-,16-,17-,19+,21-,22-,23-,24+;/m00./s1. The number of hydrogen-bond donors (Lipinski definition) is 5. The van der Waals surface area contributed by atoms with Gasteiger partial charge in [-0.2, -0.15) is 4.39 Å². The topological polar surface area (TPSA) is 258 Å². The smallest absolute Gasteiger partial charge is 0.325 e. The van der Waals surface area contributed by atoms with Crippen molar-refractivity contribution < 1.29 is 84.9 Å². The van der Waals surface area contributed by atoms with Gasteiger partial charge in [-0.15, -0.1) is 0 Å². The Morgan fingerprint density at radius 1 is 0.684 bits per heavy atom. The maximum absolute atomic E-state index is 17.3. The van der Waals surface area contributed by atoms with Crippen LogP contribution in [0.3, 0.4) is 0 Å². The van der Waals surface area contributed by atoms with Crippen molar-refractivity contribution >= 4 is 29.1 Å². The molecule has 416 valence electrons. The molecule has 0 unspecified atom stereocenters. The van der Waals surface area contributed by atoms with Crippen LogP contribution in [-0.2, 0) is 47.7 Å². The van der Waals surface area contributed by atoms with Crippen molar-refractivity contribution in [3.05, 3.63) is 80.5 Å². The molecule has 10 aliphatic rings. The number of H-pyrrole nitrogens is 2. The number of fused-ring (bicyclic) bond motifs is 14. The zero-order valence-electron chi connectivity index (χ0n) is 43.6. The predicted molar refractivity (Wildman–Crippen MR) is 255 cm³/mol. The molecule has 0 bridgehead atoms. The SMILES string of the molecule is CC(=O)OCC(=O)[C@@]12OC(C)(C)O[C@@H]1C[C@H]1[C@@H]3C[C@H](F)C4=CC(=O)C=C[C@]4(C)[C@@]3(F)[C@@H](O)C[C@@]12C.CC1(C)O[C@@H]2C[C@H]3[C@@H]4C[C@H](F)C5=CC(=O)C=C[C@]5(C)[C@@]4(F)[C@@H](O)C[C@]3(C)[C@]2(C(=O)CO)O1.O=c1[nH]cc(F)c(=O)[nH]1. The van der Waals surface area contributed by atoms with E-state index in [-0.39, 0.29) is 49.7 Å². The van der Waals surface area contributed by atoms with Gasteiger partial charge in [0.2, 0.25) is 11.6 Å². The van der Waals surface area contributed by atoms with Gasteiger partial charge in [0, 0.05) is 46.6 Å². The van der Waals surface area contributed by atoms with E-state index in [0.29, 0.717) is 6.20 Å². The van der Waals surface area contributed by atoms with E-state index >= 15 is 17.6 Å². The van der Waals surface area contributed by atoms with Crippen LogP contribution in [0, 0.1) is 51.1 Å². The fourth-order valence-electron chi connectivity index (χ4n) is 16.4. The van der Waals surface area contributed by atoms with Crippen LogP contribution in [-0.4, -0.2) is 138 Å². The highest BCUT2D eigenvalue weighted by molar-refractivity contribution is 6.02. The zero-order valence-corrected chi connectivity index (χ0v) is 43.6. The van der Waals surface area contributed by atoms with E-state index in [1.807, 2.05) is 4.98 Å². The fraction of sp³-hybridized carbons (Fsp3) is 0.685. The first kappa shape index (κ1) is 55.9. The highest BCUT2D eigenvalue weighted by Crippen LogP contribution is 2.74. The Hall–Kier alpha value is -4.84. The van der Waals surface area contributed by atoms with Crippen molar-refractivity contribution in [3.63, 3.8) is 0 Å². The quantitative estimate of drug-likeness (QED) is 0.201. The molecule has 1 aromatic heterocycles. The third-order valence-electron chi connectivity index (χ3n) is 19.4. The lowest BCUT2D eigenvalue weighted by atomic mass is 9.44. The van der Waals surface area contributed by atoms with E-state index in [1.165, 1.54) is 45.1 Å². The van der Waals surface area contributed by atoms with Crippen molar-refractivity contribution in [2.45, 2.75) is 172 Å². The number of hydrogen-bond acceptors (Lipinski definition) is 15. The number of halogens is 5. The number of allylic oxidation sites excluding steroid dienone is 8. The highest BCUT2D eigenvalue weighted by atomic mass is 19.2. The van der Waals surface area contributed by atoms with Crippen LogP contribution in [0.2, 0.25) is 0 Å². The van der Waals surface area contributed by atoms with Crippen molar-refractivity contribution in [2.24, 2.45) is 45.3 Å². The molecule has 76 heavy (non-hydrogen) atoms. The zero-order chi connectivity index (χ0) is 56.1. The number of Topliss-reactive ketones (excluding diaryl/α,β-unsaturated/α-hetero) is 2. The fourth-order valence-corrected chi connectivity index (χ4v) is 16.4. The average Bonchev–Trinajstić information content (AvgIpc) is 3.99. The summed E-state index contributed by atoms with van der Waals surface area (Å²) in [7, 11) is 0. The molecule has 0 amide bonds. The number of aromatic amines is 2. The maximum Gasteiger partial charge on any atom is 0.325 e. The van der Waals surface area contributed by atoms with Gasteiger partial charge < -0.3 is 44.0 Å². The number of rotatable bonds is 5. The van der Waals surface area contributed by atoms with E-state index in [1.54, 1.807) is 46.5 Å². The number of carbonyl (C=O) groups excluding carboxylic acids is 5. The molecule has 1 aromatic rings. The number of aliphatic hydroxyl groups is 3. The summed E-state index contributed by atoms with van der Waals surface area (Å²) in [5.41, 5.74) is -14.5. The summed E-state index contributed by atoms with van der Waals surface area (Å²) in [6.45, 7) is 13.1. The van der Waals surface area contributed by atoms with Gasteiger partial charge in [-0.1, -0.05) is 26.0 Å². The van der Waals surface area contributed by atoms with Gasteiger partial charge in [-0.05, 0) is 127 Å². The van der Waals surface area contributed by atoms with E-state index in [9.17, 15) is 53.3 Å². The lowest BCUT2D eigenvalue weighted by molar-refractivity contribution is -0.249. The van der Waals surface area contributed by atoms with Crippen LogP contribution in [0.1, 0.15) is 101 Å². The lowest BCUT2D eigenvalue weighted by Crippen LogP contribution is -2.71. The number of aliphatic hydroxyl groups excluding tert-OH is 3. The van der Waals surface area contributed by atoms with Crippen LogP contribution >= 0.6 is 0 Å². The molecule has 5 N–H and O–H groups in total. The van der Waals surface area contributed by atoms with Gasteiger partial charge in [-0.3, -0.25) is 33.8 Å². The number of alkyl halides is 4. The molecule has 3 heterocycles. The van der Waals surface area contributed by atoms with Crippen LogP contribution in [0.5, 0.6) is 0 Å². The molecule has 2 saturated heterocycles. The molecule has 6 saturated carbocycles. The van der Waals surface area contributed by atoms with E-state index in [4.69, 9.17) is 23.7 Å². The molecular formula is C54H65F5N2O15. The molecule has 11 rings (SSSR count). The third-order valence-corrected chi connectivity index (χ3v) is 19.4. The largest absolute Gasteiger partial charge is 0.458 e. The summed E-state index contributed by atoms with van der Waals surface area (Å²) in [6.07, 6.45) is 0.213. The second-order valence-corrected chi connectivity index (χ2v) is 24.1. The van der Waals surface area contributed by atoms with Crippen molar-refractivity contribution in [1.29, 1.82) is 0 Å². The summed E-state index contributed by atoms with van der Waals surface area (Å²) in [5, 5.41) is 32.6. The van der Waals surface area contributed by atoms with Crippen LogP contribution in [0.25, 0.3) is 0 Å². The Kier molecular flexibility index (Phi) is 13.1. The monoisotopic (exact) mass is 1080 g/mol. The molecule has 0 aromatic carbocycles. The molecule has 17 nitrogen and oxygen atoms in total. The summed E-state index contributed by atoms with van der Waals surface area (Å²) in [5.74, 6) is -8.75. The summed E-state index contributed by atoms with van der Waals surface area (Å²) >= 11 is 0. The summed E-state index contributed by atoms with van der Waals surface area (Å²) in [6, 6.07) is 0. The molecule has 8 fully saturated rings. The first-order valence-corrected chi connectivity index (χ1v) is 25.6. The molecule has 8 aliphatic carbocycles. The normalized spacial score (nSPS) is 46.3. The molecule has 0 spiro atoms. The Labute approximate surface area is 433 Å². The number of nitrogens with one attached hydrogen (secondary N) is 2. The van der Waals surface area contributed by atoms with Crippen molar-refractivity contribution in [2.75, 3.05) is 13.2 Å². The second-order valence-electron chi connectivity index (χ2n) is 24.1. The van der Waals surface area contributed by atoms with E-state index < -0.39 is 176 Å². The number of aromatic nitrogens is 2. The Balaban J connectivity index is 0.000000160. The average molecular weight is 1080 g/mol. The molecule has 18 atom stereocenters. The minimum Gasteiger partial charge on any atom is -0.458 e. The minimum atomic E-state index is -2.27. The first-order valence-electron chi connectivity index (χ1n) is 25.6. The molecule has 2 aliphatic heterocycles. The minimum absolute atomic E-state index is 0.0406. The Bertz CT molecular complexity index is 2920. The van der Waals surface area contributed by atoms with E-state index in [0.717, 1.165) is 12.2 Å². The van der Waals surface area contributed by atoms with Crippen LogP contribution in [0.4, 0.5) is 22.0 Å². The van der Waals surface area contributed by atoms with Gasteiger partial charge >= 0.3 is 11.7 Å². The molecular weight excluding hydrogens is 1010 g/mol. The Morgan fingerprint density at radius 2 is 1.11 bits per heavy atom. The Morgan fingerprint density at radius 3 is 1.49 bits per heavy atom. The predicted octanol–water partition coefficient (Wildman–Crippen LogP) is 4.51. The van der Waals surface area contributed by atoms with Crippen molar-refractivity contribution in [3.8, 4) is 0 Å². The highest BCUT2D eigenvalue weighted by Gasteiger charge is 2.82. The maximum atomic E-state index is 17.3. The summed E-state index contributed by atoms with van der Waals surface area (Å²) in [4.78, 5) is 86.1. The first-order chi connectivity index (χ1) is 35.1. The van der Waals surface area contributed by atoms with Gasteiger partial charge in [0.1, 0.15) is 19.0 Å². The lowest BCUT2D eigenvalue weighted by Gasteiger charge is -2.63. The van der Waals surface area contributed by atoms with Gasteiger partial charge in [0.05, 0.1) is 24.4 Å². The van der Waals surface area contributed by atoms with Gasteiger partial charge in [-0.25, -0.2) is 22.4 Å².